The zero-order chi connectivity index (χ0) is 12.5. The van der Waals surface area contributed by atoms with E-state index in [0.29, 0.717) is 23.2 Å². The molecule has 1 aromatic heterocycles. The molecule has 18 heavy (non-hydrogen) atoms. The van der Waals surface area contributed by atoms with Crippen molar-refractivity contribution in [3.63, 3.8) is 0 Å². The van der Waals surface area contributed by atoms with E-state index < -0.39 is 0 Å². The number of hydrazone groups is 1. The molecular formula is C10H11N5O2S. The van der Waals surface area contributed by atoms with Gasteiger partial charge in [0.05, 0.1) is 0 Å². The van der Waals surface area contributed by atoms with E-state index in [9.17, 15) is 9.59 Å². The second-order valence-corrected chi connectivity index (χ2v) is 5.28. The molecular weight excluding hydrogens is 254 g/mol. The number of carbonyl (C=O) groups is 2. The van der Waals surface area contributed by atoms with Crippen LogP contribution in [0.5, 0.6) is 0 Å². The lowest BCUT2D eigenvalue weighted by Gasteiger charge is -2.10. The number of carbonyl (C=O) groups excluding carboxylic acids is 2. The number of nitrogens with zero attached hydrogens (tertiary/aromatic N) is 3. The third-order valence-electron chi connectivity index (χ3n) is 2.75. The molecule has 1 saturated carbocycles. The number of rotatable bonds is 3. The number of aromatic nitrogens is 2. The van der Waals surface area contributed by atoms with E-state index in [4.69, 9.17) is 0 Å². The van der Waals surface area contributed by atoms with Gasteiger partial charge in [-0.05, 0) is 12.8 Å². The average Bonchev–Trinajstić information content (AvgIpc) is 3.11. The summed E-state index contributed by atoms with van der Waals surface area (Å²) >= 11 is 1.40. The number of hydrogen-bond acceptors (Lipinski definition) is 6. The molecule has 0 radical (unpaired) electrons. The Morgan fingerprint density at radius 1 is 1.33 bits per heavy atom. The van der Waals surface area contributed by atoms with Crippen molar-refractivity contribution in [1.29, 1.82) is 0 Å². The monoisotopic (exact) mass is 265 g/mol. The zero-order valence-corrected chi connectivity index (χ0v) is 10.3. The SMILES string of the molecule is O=C1CCC(C(=O)Nc2nnc(C3CC3)s2)=NN1. The molecule has 2 N–H and O–H groups in total. The number of anilines is 1. The van der Waals surface area contributed by atoms with Crippen molar-refractivity contribution in [2.45, 2.75) is 31.6 Å². The van der Waals surface area contributed by atoms with Crippen LogP contribution in [0.4, 0.5) is 5.13 Å². The summed E-state index contributed by atoms with van der Waals surface area (Å²) in [6, 6.07) is 0. The Morgan fingerprint density at radius 3 is 2.83 bits per heavy atom. The van der Waals surface area contributed by atoms with E-state index in [-0.39, 0.29) is 18.2 Å². The number of hydrogen-bond donors (Lipinski definition) is 2. The highest BCUT2D eigenvalue weighted by molar-refractivity contribution is 7.15. The van der Waals surface area contributed by atoms with Crippen molar-refractivity contribution in [2.24, 2.45) is 5.10 Å². The first kappa shape index (κ1) is 11.3. The fraction of sp³-hybridized carbons (Fsp3) is 0.500. The van der Waals surface area contributed by atoms with Gasteiger partial charge in [-0.15, -0.1) is 10.2 Å². The summed E-state index contributed by atoms with van der Waals surface area (Å²) in [5.74, 6) is 0.0337. The van der Waals surface area contributed by atoms with Crippen LogP contribution in [0.15, 0.2) is 5.10 Å². The summed E-state index contributed by atoms with van der Waals surface area (Å²) in [5, 5.41) is 15.8. The Morgan fingerprint density at radius 2 is 2.17 bits per heavy atom. The molecule has 1 aromatic rings. The van der Waals surface area contributed by atoms with Crippen LogP contribution < -0.4 is 10.7 Å². The van der Waals surface area contributed by atoms with Gasteiger partial charge >= 0.3 is 0 Å². The summed E-state index contributed by atoms with van der Waals surface area (Å²) < 4.78 is 0. The second-order valence-electron chi connectivity index (χ2n) is 4.27. The molecule has 94 valence electrons. The lowest BCUT2D eigenvalue weighted by Crippen LogP contribution is -2.32. The molecule has 3 rings (SSSR count). The van der Waals surface area contributed by atoms with Crippen LogP contribution >= 0.6 is 11.3 Å². The van der Waals surface area contributed by atoms with Crippen LogP contribution in [0.25, 0.3) is 0 Å². The standard InChI is InChI=1S/C10H11N5O2S/c16-7-4-3-6(12-13-7)8(17)11-10-15-14-9(18-10)5-1-2-5/h5H,1-4H2,(H,13,16)(H,11,15,17). The molecule has 0 aromatic carbocycles. The molecule has 1 aliphatic heterocycles. The molecule has 0 unspecified atom stereocenters. The molecule has 2 aliphatic rings. The quantitative estimate of drug-likeness (QED) is 0.837. The third-order valence-corrected chi connectivity index (χ3v) is 3.76. The molecule has 2 heterocycles. The molecule has 0 spiro atoms. The van der Waals surface area contributed by atoms with Crippen molar-refractivity contribution in [3.05, 3.63) is 5.01 Å². The van der Waals surface area contributed by atoms with Crippen LogP contribution in [0.2, 0.25) is 0 Å². The van der Waals surface area contributed by atoms with Gasteiger partial charge in [-0.1, -0.05) is 11.3 Å². The molecule has 0 bridgehead atoms. The van der Waals surface area contributed by atoms with E-state index in [1.807, 2.05) is 0 Å². The summed E-state index contributed by atoms with van der Waals surface area (Å²) in [5.41, 5.74) is 2.61. The Bertz CT molecular complexity index is 534. The van der Waals surface area contributed by atoms with Gasteiger partial charge in [0.1, 0.15) is 10.7 Å². The van der Waals surface area contributed by atoms with Crippen molar-refractivity contribution in [1.82, 2.24) is 15.6 Å². The highest BCUT2D eigenvalue weighted by atomic mass is 32.1. The van der Waals surface area contributed by atoms with E-state index in [2.05, 4.69) is 26.0 Å². The van der Waals surface area contributed by atoms with Crippen molar-refractivity contribution >= 4 is 34.0 Å². The Hall–Kier alpha value is -1.83. The van der Waals surface area contributed by atoms with Crippen molar-refractivity contribution < 1.29 is 9.59 Å². The maximum Gasteiger partial charge on any atom is 0.273 e. The normalized spacial score (nSPS) is 19.1. The summed E-state index contributed by atoms with van der Waals surface area (Å²) in [6.45, 7) is 0. The molecule has 2 amide bonds. The minimum Gasteiger partial charge on any atom is -0.295 e. The minimum absolute atomic E-state index is 0.168. The zero-order valence-electron chi connectivity index (χ0n) is 9.47. The highest BCUT2D eigenvalue weighted by Crippen LogP contribution is 2.41. The first-order chi connectivity index (χ1) is 8.72. The van der Waals surface area contributed by atoms with E-state index in [1.165, 1.54) is 11.3 Å². The molecule has 1 fully saturated rings. The van der Waals surface area contributed by atoms with E-state index in [1.54, 1.807) is 0 Å². The van der Waals surface area contributed by atoms with Gasteiger partial charge in [-0.3, -0.25) is 14.9 Å². The van der Waals surface area contributed by atoms with Gasteiger partial charge in [-0.25, -0.2) is 5.43 Å². The van der Waals surface area contributed by atoms with Crippen molar-refractivity contribution in [3.8, 4) is 0 Å². The van der Waals surface area contributed by atoms with Gasteiger partial charge in [-0.2, -0.15) is 5.10 Å². The fourth-order valence-corrected chi connectivity index (χ4v) is 2.49. The van der Waals surface area contributed by atoms with Gasteiger partial charge in [0.15, 0.2) is 0 Å². The molecule has 0 atom stereocenters. The van der Waals surface area contributed by atoms with E-state index in [0.717, 1.165) is 17.8 Å². The minimum atomic E-state index is -0.325. The Labute approximate surface area is 107 Å². The summed E-state index contributed by atoms with van der Waals surface area (Å²) in [6.07, 6.45) is 2.95. The molecule has 1 aliphatic carbocycles. The first-order valence-electron chi connectivity index (χ1n) is 5.72. The Kier molecular flexibility index (Phi) is 2.78. The molecule has 8 heteroatoms. The van der Waals surface area contributed by atoms with Gasteiger partial charge in [0.25, 0.3) is 5.91 Å². The smallest absolute Gasteiger partial charge is 0.273 e. The number of nitrogens with one attached hydrogen (secondary N) is 2. The second kappa shape index (κ2) is 4.45. The Balaban J connectivity index is 1.64. The largest absolute Gasteiger partial charge is 0.295 e. The highest BCUT2D eigenvalue weighted by Gasteiger charge is 2.28. The average molecular weight is 265 g/mol. The summed E-state index contributed by atoms with van der Waals surface area (Å²) in [4.78, 5) is 22.7. The van der Waals surface area contributed by atoms with Crippen LogP contribution in [0.1, 0.15) is 36.6 Å². The first-order valence-corrected chi connectivity index (χ1v) is 6.54. The van der Waals surface area contributed by atoms with Crippen molar-refractivity contribution in [2.75, 3.05) is 5.32 Å². The fourth-order valence-electron chi connectivity index (χ4n) is 1.59. The predicted octanol–water partition coefficient (Wildman–Crippen LogP) is 0.620. The van der Waals surface area contributed by atoms with E-state index >= 15 is 0 Å². The van der Waals surface area contributed by atoms with Crippen LogP contribution in [0, 0.1) is 0 Å². The van der Waals surface area contributed by atoms with Crippen LogP contribution in [-0.2, 0) is 9.59 Å². The number of amides is 2. The van der Waals surface area contributed by atoms with Gasteiger partial charge in [0.2, 0.25) is 11.0 Å². The maximum absolute atomic E-state index is 11.8. The molecule has 7 nitrogen and oxygen atoms in total. The predicted molar refractivity (Wildman–Crippen MR) is 65.3 cm³/mol. The van der Waals surface area contributed by atoms with Crippen LogP contribution in [-0.4, -0.2) is 27.7 Å². The van der Waals surface area contributed by atoms with Gasteiger partial charge in [0, 0.05) is 18.8 Å². The lowest BCUT2D eigenvalue weighted by atomic mass is 10.2. The third kappa shape index (κ3) is 2.37. The molecule has 0 saturated heterocycles. The summed E-state index contributed by atoms with van der Waals surface area (Å²) in [7, 11) is 0. The lowest BCUT2D eigenvalue weighted by molar-refractivity contribution is -0.121. The van der Waals surface area contributed by atoms with Crippen LogP contribution in [0.3, 0.4) is 0 Å². The topological polar surface area (TPSA) is 96.3 Å². The maximum atomic E-state index is 11.8. The van der Waals surface area contributed by atoms with Gasteiger partial charge < -0.3 is 0 Å².